The lowest BCUT2D eigenvalue weighted by Gasteiger charge is -2.29. The molecule has 10 nitrogen and oxygen atoms in total. The summed E-state index contributed by atoms with van der Waals surface area (Å²) in [5.74, 6) is -5.60. The van der Waals surface area contributed by atoms with E-state index in [4.69, 9.17) is 4.74 Å². The van der Waals surface area contributed by atoms with Crippen molar-refractivity contribution >= 4 is 39.3 Å². The maximum absolute atomic E-state index is 12.0. The highest BCUT2D eigenvalue weighted by Gasteiger charge is 2.43. The molecule has 1 aromatic rings. The highest BCUT2D eigenvalue weighted by molar-refractivity contribution is 9.09. The lowest BCUT2D eigenvalue weighted by Crippen LogP contribution is -2.35. The fraction of sp³-hybridized carbons (Fsp3) is 0.368. The largest absolute Gasteiger partial charge is 0.493 e. The second kappa shape index (κ2) is 9.98. The minimum atomic E-state index is -1.53. The summed E-state index contributed by atoms with van der Waals surface area (Å²) in [6.07, 6.45) is 1.45. The van der Waals surface area contributed by atoms with Crippen molar-refractivity contribution < 1.29 is 29.5 Å². The van der Waals surface area contributed by atoms with Gasteiger partial charge in [-0.2, -0.15) is 5.26 Å². The molecule has 0 aliphatic carbocycles. The first-order chi connectivity index (χ1) is 14.2. The fourth-order valence-electron chi connectivity index (χ4n) is 3.24. The van der Waals surface area contributed by atoms with E-state index in [1.807, 2.05) is 0 Å². The third kappa shape index (κ3) is 4.83. The Labute approximate surface area is 179 Å². The van der Waals surface area contributed by atoms with Gasteiger partial charge in [-0.1, -0.05) is 15.9 Å². The number of aliphatic carboxylic acids is 2. The number of aliphatic imine (C=N–C) groups is 1. The maximum Gasteiger partial charge on any atom is 0.335 e. The van der Waals surface area contributed by atoms with Crippen molar-refractivity contribution in [2.24, 2.45) is 10.9 Å². The van der Waals surface area contributed by atoms with Crippen LogP contribution in [0.25, 0.3) is 0 Å². The number of nitro groups is 1. The number of unbranched alkanes of at least 4 members (excludes halogenated alkanes) is 1. The molecule has 0 spiro atoms. The van der Waals surface area contributed by atoms with E-state index in [1.165, 1.54) is 19.1 Å². The molecular weight excluding hydrogens is 462 g/mol. The molecule has 2 rings (SSSR count). The van der Waals surface area contributed by atoms with E-state index in [1.54, 1.807) is 6.07 Å². The summed E-state index contributed by atoms with van der Waals surface area (Å²) < 4.78 is 5.71. The zero-order chi connectivity index (χ0) is 22.4. The number of hydrogen-bond acceptors (Lipinski definition) is 7. The van der Waals surface area contributed by atoms with Crippen LogP contribution in [0, 0.1) is 27.4 Å². The smallest absolute Gasteiger partial charge is 0.335 e. The Morgan fingerprint density at radius 3 is 2.60 bits per heavy atom. The molecule has 2 N–H and O–H groups in total. The molecule has 1 aromatic carbocycles. The van der Waals surface area contributed by atoms with Crippen LogP contribution in [0.4, 0.5) is 5.69 Å². The molecule has 2 atom stereocenters. The van der Waals surface area contributed by atoms with Crippen molar-refractivity contribution in [3.8, 4) is 11.8 Å². The molecule has 1 aliphatic heterocycles. The number of ether oxygens (including phenoxy) is 1. The van der Waals surface area contributed by atoms with E-state index < -0.39 is 40.0 Å². The normalized spacial score (nSPS) is 18.4. The van der Waals surface area contributed by atoms with Crippen LogP contribution >= 0.6 is 15.9 Å². The predicted octanol–water partition coefficient (Wildman–Crippen LogP) is 3.27. The molecule has 0 amide bonds. The number of hydrogen-bond donors (Lipinski definition) is 2. The SMILES string of the molecule is CC1=NC(C#N)=C(C(=O)O)C(c2cc([N+](=O)[O-])ccc2OCCCCBr)C1C(=O)O. The summed E-state index contributed by atoms with van der Waals surface area (Å²) in [5.41, 5.74) is -1.31. The van der Waals surface area contributed by atoms with Crippen molar-refractivity contribution in [1.82, 2.24) is 0 Å². The molecule has 0 saturated carbocycles. The van der Waals surface area contributed by atoms with Crippen molar-refractivity contribution in [1.29, 1.82) is 5.26 Å². The van der Waals surface area contributed by atoms with Crippen LogP contribution in [-0.2, 0) is 9.59 Å². The van der Waals surface area contributed by atoms with E-state index in [9.17, 15) is 35.2 Å². The van der Waals surface area contributed by atoms with Gasteiger partial charge in [-0.3, -0.25) is 14.9 Å². The molecule has 30 heavy (non-hydrogen) atoms. The summed E-state index contributed by atoms with van der Waals surface area (Å²) >= 11 is 3.30. The highest BCUT2D eigenvalue weighted by atomic mass is 79.9. The van der Waals surface area contributed by atoms with Crippen LogP contribution in [0.3, 0.4) is 0 Å². The zero-order valence-corrected chi connectivity index (χ0v) is 17.5. The van der Waals surface area contributed by atoms with Crippen molar-refractivity contribution in [3.05, 3.63) is 45.1 Å². The average molecular weight is 480 g/mol. The van der Waals surface area contributed by atoms with Crippen LogP contribution in [0.1, 0.15) is 31.2 Å². The predicted molar refractivity (Wildman–Crippen MR) is 109 cm³/mol. The first kappa shape index (κ1) is 23.0. The highest BCUT2D eigenvalue weighted by Crippen LogP contribution is 2.44. The van der Waals surface area contributed by atoms with Gasteiger partial charge in [0.2, 0.25) is 0 Å². The van der Waals surface area contributed by atoms with Crippen LogP contribution in [-0.4, -0.2) is 44.7 Å². The molecule has 0 saturated heterocycles. The minimum absolute atomic E-state index is 0.00911. The van der Waals surface area contributed by atoms with E-state index in [0.717, 1.165) is 17.8 Å². The van der Waals surface area contributed by atoms with Gasteiger partial charge in [0.15, 0.2) is 5.70 Å². The molecule has 2 unspecified atom stereocenters. The number of carbonyl (C=O) groups is 2. The van der Waals surface area contributed by atoms with Gasteiger partial charge in [0, 0.05) is 34.7 Å². The third-order valence-electron chi connectivity index (χ3n) is 4.56. The number of benzene rings is 1. The van der Waals surface area contributed by atoms with E-state index in [0.29, 0.717) is 6.42 Å². The standard InChI is InChI=1S/C19H18BrN3O7/c1-10-15(18(24)25)16(17(19(26)27)13(9-21)22-10)12-8-11(23(28)29)4-5-14(12)30-7-3-2-6-20/h4-5,8,15-16H,2-3,6-7H2,1H3,(H,24,25)(H,26,27). The molecule has 158 valence electrons. The summed E-state index contributed by atoms with van der Waals surface area (Å²) in [6.45, 7) is 1.61. The van der Waals surface area contributed by atoms with Crippen LogP contribution in [0.5, 0.6) is 5.75 Å². The molecule has 1 heterocycles. The van der Waals surface area contributed by atoms with Gasteiger partial charge in [-0.15, -0.1) is 0 Å². The van der Waals surface area contributed by atoms with Crippen LogP contribution in [0.2, 0.25) is 0 Å². The monoisotopic (exact) mass is 479 g/mol. The number of carboxylic acid groups (broad SMARTS) is 2. The fourth-order valence-corrected chi connectivity index (χ4v) is 3.64. The molecular formula is C19H18BrN3O7. The Bertz CT molecular complexity index is 981. The van der Waals surface area contributed by atoms with Gasteiger partial charge in [-0.25, -0.2) is 9.79 Å². The summed E-state index contributed by atoms with van der Waals surface area (Å²) in [5, 5.41) is 40.9. The molecule has 1 aliphatic rings. The summed E-state index contributed by atoms with van der Waals surface area (Å²) in [6, 6.07) is 5.28. The van der Waals surface area contributed by atoms with Crippen molar-refractivity contribution in [3.63, 3.8) is 0 Å². The number of halogens is 1. The number of non-ortho nitro benzene ring substituents is 1. The Kier molecular flexibility index (Phi) is 7.66. The summed E-state index contributed by atoms with van der Waals surface area (Å²) in [4.78, 5) is 38.4. The third-order valence-corrected chi connectivity index (χ3v) is 5.13. The van der Waals surface area contributed by atoms with Crippen LogP contribution < -0.4 is 4.74 Å². The second-order valence-electron chi connectivity index (χ2n) is 6.45. The van der Waals surface area contributed by atoms with E-state index >= 15 is 0 Å². The van der Waals surface area contributed by atoms with Crippen molar-refractivity contribution in [2.45, 2.75) is 25.7 Å². The van der Waals surface area contributed by atoms with Crippen LogP contribution in [0.15, 0.2) is 34.5 Å². The van der Waals surface area contributed by atoms with Gasteiger partial charge < -0.3 is 14.9 Å². The van der Waals surface area contributed by atoms with Gasteiger partial charge in [0.1, 0.15) is 17.7 Å². The minimum Gasteiger partial charge on any atom is -0.493 e. The molecule has 11 heteroatoms. The Morgan fingerprint density at radius 2 is 2.07 bits per heavy atom. The number of carboxylic acids is 2. The first-order valence-electron chi connectivity index (χ1n) is 8.85. The lowest BCUT2D eigenvalue weighted by molar-refractivity contribution is -0.385. The maximum atomic E-state index is 12.0. The molecule has 0 radical (unpaired) electrons. The quantitative estimate of drug-likeness (QED) is 0.235. The van der Waals surface area contributed by atoms with E-state index in [-0.39, 0.29) is 29.3 Å². The number of rotatable bonds is 9. The molecule has 0 aromatic heterocycles. The first-order valence-corrected chi connectivity index (χ1v) is 9.97. The average Bonchev–Trinajstić information content (AvgIpc) is 2.69. The number of alkyl halides is 1. The molecule has 0 fully saturated rings. The number of nitrogens with zero attached hydrogens (tertiary/aromatic N) is 3. The molecule has 0 bridgehead atoms. The second-order valence-corrected chi connectivity index (χ2v) is 7.24. The topological polar surface area (TPSA) is 163 Å². The number of allylic oxidation sites excluding steroid dienone is 1. The lowest BCUT2D eigenvalue weighted by atomic mass is 9.75. The summed E-state index contributed by atoms with van der Waals surface area (Å²) in [7, 11) is 0. The van der Waals surface area contributed by atoms with Gasteiger partial charge in [-0.05, 0) is 25.8 Å². The van der Waals surface area contributed by atoms with Crippen molar-refractivity contribution in [2.75, 3.05) is 11.9 Å². The van der Waals surface area contributed by atoms with Gasteiger partial charge >= 0.3 is 11.9 Å². The zero-order valence-electron chi connectivity index (χ0n) is 15.9. The Morgan fingerprint density at radius 1 is 1.37 bits per heavy atom. The van der Waals surface area contributed by atoms with Gasteiger partial charge in [0.25, 0.3) is 5.69 Å². The number of nitriles is 1. The number of nitro benzene ring substituents is 1. The Balaban J connectivity index is 2.72. The van der Waals surface area contributed by atoms with E-state index in [2.05, 4.69) is 20.9 Å². The van der Waals surface area contributed by atoms with Gasteiger partial charge in [0.05, 0.1) is 17.1 Å². The Hall–Kier alpha value is -3.26.